The van der Waals surface area contributed by atoms with Crippen molar-refractivity contribution in [2.75, 3.05) is 0 Å². The Morgan fingerprint density at radius 2 is 1.75 bits per heavy atom. The van der Waals surface area contributed by atoms with Crippen LogP contribution in [-0.2, 0) is 11.2 Å². The van der Waals surface area contributed by atoms with Gasteiger partial charge < -0.3 is 4.42 Å². The van der Waals surface area contributed by atoms with Gasteiger partial charge in [-0.05, 0) is 17.7 Å². The number of rotatable bonds is 4. The Labute approximate surface area is 167 Å². The van der Waals surface area contributed by atoms with E-state index in [1.165, 1.54) is 17.3 Å². The second-order valence-corrected chi connectivity index (χ2v) is 7.88. The minimum Gasteiger partial charge on any atom is -0.457 e. The van der Waals surface area contributed by atoms with E-state index < -0.39 is 0 Å². The Morgan fingerprint density at radius 3 is 2.50 bits per heavy atom. The van der Waals surface area contributed by atoms with E-state index in [4.69, 9.17) is 4.42 Å². The third-order valence-electron chi connectivity index (χ3n) is 4.78. The molecule has 2 atom stereocenters. The quantitative estimate of drug-likeness (QED) is 0.665. The number of benzene rings is 2. The SMILES string of the molecule is O=C1/C(=C/c2ccc(-c3ccccc3)o2)SC2NC(Cc3ccccc3)NN12. The molecule has 0 aliphatic carbocycles. The van der Waals surface area contributed by atoms with E-state index in [0.29, 0.717) is 10.7 Å². The van der Waals surface area contributed by atoms with Crippen molar-refractivity contribution in [1.82, 2.24) is 15.8 Å². The van der Waals surface area contributed by atoms with Crippen molar-refractivity contribution >= 4 is 23.7 Å². The lowest BCUT2D eigenvalue weighted by Gasteiger charge is -2.13. The molecule has 3 heterocycles. The van der Waals surface area contributed by atoms with Crippen molar-refractivity contribution in [3.63, 3.8) is 0 Å². The average Bonchev–Trinajstić information content (AvgIpc) is 3.42. The van der Waals surface area contributed by atoms with Gasteiger partial charge in [0.05, 0.1) is 11.1 Å². The number of thioether (sulfide) groups is 1. The summed E-state index contributed by atoms with van der Waals surface area (Å²) in [5.74, 6) is 1.44. The first-order valence-corrected chi connectivity index (χ1v) is 10.1. The van der Waals surface area contributed by atoms with E-state index in [1.807, 2.05) is 66.7 Å². The van der Waals surface area contributed by atoms with Crippen LogP contribution in [-0.4, -0.2) is 22.6 Å². The Bertz CT molecular complexity index is 1020. The van der Waals surface area contributed by atoms with Gasteiger partial charge in [-0.3, -0.25) is 10.1 Å². The normalized spacial score (nSPS) is 22.8. The Morgan fingerprint density at radius 1 is 1.00 bits per heavy atom. The fourth-order valence-corrected chi connectivity index (χ4v) is 4.55. The number of nitrogens with one attached hydrogen (secondary N) is 2. The van der Waals surface area contributed by atoms with Crippen LogP contribution in [0, 0.1) is 0 Å². The smallest absolute Gasteiger partial charge is 0.276 e. The summed E-state index contributed by atoms with van der Waals surface area (Å²) in [4.78, 5) is 13.4. The second-order valence-electron chi connectivity index (χ2n) is 6.76. The van der Waals surface area contributed by atoms with Gasteiger partial charge in [0.15, 0.2) is 5.50 Å². The van der Waals surface area contributed by atoms with Crippen LogP contribution in [0.5, 0.6) is 0 Å². The number of amides is 1. The van der Waals surface area contributed by atoms with Gasteiger partial charge in [0.2, 0.25) is 0 Å². The first-order chi connectivity index (χ1) is 13.8. The van der Waals surface area contributed by atoms with Gasteiger partial charge in [0.25, 0.3) is 5.91 Å². The molecule has 6 heteroatoms. The van der Waals surface area contributed by atoms with E-state index in [0.717, 1.165) is 17.7 Å². The summed E-state index contributed by atoms with van der Waals surface area (Å²) in [5.41, 5.74) is 5.42. The molecule has 1 aromatic heterocycles. The fraction of sp³-hybridized carbons (Fsp3) is 0.136. The van der Waals surface area contributed by atoms with Crippen molar-refractivity contribution in [2.45, 2.75) is 18.1 Å². The first-order valence-electron chi connectivity index (χ1n) is 9.19. The lowest BCUT2D eigenvalue weighted by molar-refractivity contribution is -0.127. The highest BCUT2D eigenvalue weighted by molar-refractivity contribution is 8.05. The average molecular weight is 389 g/mol. The molecular formula is C22H19N3O2S. The molecule has 2 aromatic carbocycles. The van der Waals surface area contributed by atoms with Crippen LogP contribution < -0.4 is 10.7 Å². The van der Waals surface area contributed by atoms with E-state index in [1.54, 1.807) is 5.01 Å². The second kappa shape index (κ2) is 7.31. The summed E-state index contributed by atoms with van der Waals surface area (Å²) in [5, 5.41) is 5.14. The zero-order chi connectivity index (χ0) is 18.9. The molecule has 5 nitrogen and oxygen atoms in total. The minimum absolute atomic E-state index is 0.0317. The lowest BCUT2D eigenvalue weighted by Crippen LogP contribution is -2.40. The van der Waals surface area contributed by atoms with Gasteiger partial charge in [-0.1, -0.05) is 72.4 Å². The van der Waals surface area contributed by atoms with E-state index in [9.17, 15) is 4.79 Å². The highest BCUT2D eigenvalue weighted by Gasteiger charge is 2.43. The molecule has 2 unspecified atom stereocenters. The molecule has 1 amide bonds. The monoisotopic (exact) mass is 389 g/mol. The maximum atomic E-state index is 12.8. The van der Waals surface area contributed by atoms with Gasteiger partial charge in [-0.15, -0.1) is 0 Å². The maximum Gasteiger partial charge on any atom is 0.276 e. The van der Waals surface area contributed by atoms with Crippen molar-refractivity contribution in [3.8, 4) is 11.3 Å². The van der Waals surface area contributed by atoms with Crippen molar-refractivity contribution < 1.29 is 9.21 Å². The van der Waals surface area contributed by atoms with Crippen molar-refractivity contribution in [1.29, 1.82) is 0 Å². The zero-order valence-corrected chi connectivity index (χ0v) is 15.9. The van der Waals surface area contributed by atoms with Gasteiger partial charge in [-0.2, -0.15) is 0 Å². The molecule has 2 aliphatic rings. The number of hydrazine groups is 1. The van der Waals surface area contributed by atoms with Crippen LogP contribution in [0.2, 0.25) is 0 Å². The predicted molar refractivity (Wildman–Crippen MR) is 111 cm³/mol. The molecule has 0 radical (unpaired) electrons. The summed E-state index contributed by atoms with van der Waals surface area (Å²) in [6, 6.07) is 24.0. The van der Waals surface area contributed by atoms with Crippen molar-refractivity contribution in [3.05, 3.63) is 89.0 Å². The highest BCUT2D eigenvalue weighted by atomic mass is 32.2. The molecule has 2 saturated heterocycles. The third kappa shape index (κ3) is 3.38. The van der Waals surface area contributed by atoms with Crippen LogP contribution in [0.15, 0.2) is 82.1 Å². The zero-order valence-electron chi connectivity index (χ0n) is 15.0. The number of fused-ring (bicyclic) bond motifs is 1. The molecule has 0 saturated carbocycles. The molecule has 2 N–H and O–H groups in total. The molecule has 0 spiro atoms. The van der Waals surface area contributed by atoms with E-state index in [-0.39, 0.29) is 17.6 Å². The Hall–Kier alpha value is -2.80. The van der Waals surface area contributed by atoms with Crippen LogP contribution >= 0.6 is 11.8 Å². The van der Waals surface area contributed by atoms with Crippen molar-refractivity contribution in [2.24, 2.45) is 0 Å². The summed E-state index contributed by atoms with van der Waals surface area (Å²) in [6.45, 7) is 0. The van der Waals surface area contributed by atoms with Crippen LogP contribution in [0.25, 0.3) is 17.4 Å². The molecule has 28 heavy (non-hydrogen) atoms. The molecule has 2 aliphatic heterocycles. The summed E-state index contributed by atoms with van der Waals surface area (Å²) < 4.78 is 5.90. The van der Waals surface area contributed by atoms with Gasteiger partial charge in [-0.25, -0.2) is 10.4 Å². The van der Waals surface area contributed by atoms with Gasteiger partial charge >= 0.3 is 0 Å². The van der Waals surface area contributed by atoms with E-state index in [2.05, 4.69) is 22.9 Å². The van der Waals surface area contributed by atoms with E-state index >= 15 is 0 Å². The first kappa shape index (κ1) is 17.3. The minimum atomic E-state index is -0.101. The summed E-state index contributed by atoms with van der Waals surface area (Å²) >= 11 is 1.51. The summed E-state index contributed by atoms with van der Waals surface area (Å²) in [7, 11) is 0. The number of hydrogen-bond donors (Lipinski definition) is 2. The Kier molecular flexibility index (Phi) is 4.52. The molecule has 5 rings (SSSR count). The topological polar surface area (TPSA) is 57.5 Å². The highest BCUT2D eigenvalue weighted by Crippen LogP contribution is 2.37. The van der Waals surface area contributed by atoms with Gasteiger partial charge in [0, 0.05) is 18.1 Å². The largest absolute Gasteiger partial charge is 0.457 e. The van der Waals surface area contributed by atoms with Crippen LogP contribution in [0.1, 0.15) is 11.3 Å². The van der Waals surface area contributed by atoms with Gasteiger partial charge in [0.1, 0.15) is 11.5 Å². The molecule has 2 fully saturated rings. The molecule has 140 valence electrons. The number of nitrogens with zero attached hydrogens (tertiary/aromatic N) is 1. The number of furan rings is 1. The molecule has 0 bridgehead atoms. The number of hydrogen-bond acceptors (Lipinski definition) is 5. The predicted octanol–water partition coefficient (Wildman–Crippen LogP) is 3.82. The number of carbonyl (C=O) groups is 1. The Balaban J connectivity index is 1.27. The summed E-state index contributed by atoms with van der Waals surface area (Å²) in [6.07, 6.45) is 2.67. The molecular weight excluding hydrogens is 370 g/mol. The fourth-order valence-electron chi connectivity index (χ4n) is 3.43. The standard InChI is InChI=1S/C22H19N3O2S/c26-21-19(14-17-11-12-18(27-17)16-9-5-2-6-10-16)28-22-23-20(24-25(21)22)13-15-7-3-1-4-8-15/h1-12,14,20,22-24H,13H2/b19-14-. The van der Waals surface area contributed by atoms with Crippen LogP contribution in [0.4, 0.5) is 0 Å². The van der Waals surface area contributed by atoms with Crippen LogP contribution in [0.3, 0.4) is 0 Å². The lowest BCUT2D eigenvalue weighted by atomic mass is 10.1. The number of carbonyl (C=O) groups excluding carboxylic acids is 1. The molecule has 3 aromatic rings. The maximum absolute atomic E-state index is 12.8. The third-order valence-corrected chi connectivity index (χ3v) is 5.90.